The first-order chi connectivity index (χ1) is 7.77. The van der Waals surface area contributed by atoms with Gasteiger partial charge in [-0.25, -0.2) is 15.0 Å². The molecule has 84 valence electrons. The lowest BCUT2D eigenvalue weighted by Gasteiger charge is -2.07. The molecule has 0 saturated heterocycles. The number of hydrogen-bond donors (Lipinski definition) is 1. The molecule has 0 bridgehead atoms. The zero-order chi connectivity index (χ0) is 11.5. The molecule has 1 N–H and O–H groups in total. The molecule has 0 aliphatic carbocycles. The Balaban J connectivity index is 2.56. The normalized spacial score (nSPS) is 10.6. The van der Waals surface area contributed by atoms with Gasteiger partial charge in [0.25, 0.3) is 11.7 Å². The van der Waals surface area contributed by atoms with Gasteiger partial charge in [0, 0.05) is 6.20 Å². The second-order valence-electron chi connectivity index (χ2n) is 3.08. The van der Waals surface area contributed by atoms with Crippen LogP contribution in [0.3, 0.4) is 0 Å². The summed E-state index contributed by atoms with van der Waals surface area (Å²) in [6.45, 7) is 1.93. The molecule has 0 aliphatic rings. The maximum absolute atomic E-state index is 11.7. The number of amides is 1. The van der Waals surface area contributed by atoms with Crippen LogP contribution >= 0.6 is 0 Å². The zero-order valence-electron chi connectivity index (χ0n) is 8.97. The predicted octanol–water partition coefficient (Wildman–Crippen LogP) is -0.0221. The predicted molar refractivity (Wildman–Crippen MR) is 54.6 cm³/mol. The van der Waals surface area contributed by atoms with E-state index < -0.39 is 0 Å². The minimum absolute atomic E-state index is 0.343. The maximum Gasteiger partial charge on any atom is 0.278 e. The van der Waals surface area contributed by atoms with Crippen molar-refractivity contribution in [3.05, 3.63) is 23.8 Å². The lowest BCUT2D eigenvalue weighted by Crippen LogP contribution is -2.24. The molecule has 0 aromatic carbocycles. The van der Waals surface area contributed by atoms with Gasteiger partial charge in [-0.05, 0) is 6.42 Å². The van der Waals surface area contributed by atoms with Gasteiger partial charge in [0.05, 0.1) is 18.4 Å². The van der Waals surface area contributed by atoms with Crippen molar-refractivity contribution in [1.29, 1.82) is 0 Å². The molecule has 2 heterocycles. The van der Waals surface area contributed by atoms with Crippen LogP contribution < -0.4 is 5.48 Å². The highest BCUT2D eigenvalue weighted by Gasteiger charge is 2.15. The summed E-state index contributed by atoms with van der Waals surface area (Å²) in [7, 11) is 1.38. The van der Waals surface area contributed by atoms with E-state index in [1.54, 1.807) is 4.52 Å². The van der Waals surface area contributed by atoms with Gasteiger partial charge in [0.15, 0.2) is 0 Å². The molecule has 7 heteroatoms. The van der Waals surface area contributed by atoms with Gasteiger partial charge in [0.1, 0.15) is 6.33 Å². The first-order valence-corrected chi connectivity index (χ1v) is 4.78. The van der Waals surface area contributed by atoms with E-state index in [1.165, 1.54) is 19.6 Å². The van der Waals surface area contributed by atoms with Crippen molar-refractivity contribution in [3.8, 4) is 0 Å². The smallest absolute Gasteiger partial charge is 0.277 e. The summed E-state index contributed by atoms with van der Waals surface area (Å²) in [6, 6.07) is 0. The van der Waals surface area contributed by atoms with E-state index in [0.717, 1.165) is 5.69 Å². The molecule has 0 spiro atoms. The first kappa shape index (κ1) is 10.5. The molecule has 0 saturated carbocycles. The Labute approximate surface area is 91.4 Å². The highest BCUT2D eigenvalue weighted by atomic mass is 16.6. The molecule has 0 unspecified atom stereocenters. The molecule has 0 atom stereocenters. The molecular weight excluding hydrogens is 210 g/mol. The molecule has 0 radical (unpaired) electrons. The van der Waals surface area contributed by atoms with E-state index in [0.29, 0.717) is 17.8 Å². The summed E-state index contributed by atoms with van der Waals surface area (Å²) in [5.74, 6) is 0.134. The number of carbonyl (C=O) groups excluding carboxylic acids is 1. The fourth-order valence-corrected chi connectivity index (χ4v) is 1.50. The molecule has 2 rings (SSSR count). The number of aromatic nitrogens is 4. The van der Waals surface area contributed by atoms with E-state index >= 15 is 0 Å². The Morgan fingerprint density at radius 3 is 3.06 bits per heavy atom. The van der Waals surface area contributed by atoms with Gasteiger partial charge in [-0.2, -0.15) is 10.1 Å². The van der Waals surface area contributed by atoms with E-state index in [-0.39, 0.29) is 5.91 Å². The van der Waals surface area contributed by atoms with Crippen LogP contribution in [0.25, 0.3) is 5.78 Å². The third-order valence-electron chi connectivity index (χ3n) is 2.18. The van der Waals surface area contributed by atoms with Crippen LogP contribution in [-0.4, -0.2) is 32.6 Å². The van der Waals surface area contributed by atoms with Crippen molar-refractivity contribution in [2.24, 2.45) is 0 Å². The highest BCUT2D eigenvalue weighted by molar-refractivity contribution is 5.94. The van der Waals surface area contributed by atoms with Crippen molar-refractivity contribution in [2.45, 2.75) is 13.3 Å². The average Bonchev–Trinajstić information content (AvgIpc) is 2.75. The van der Waals surface area contributed by atoms with Crippen molar-refractivity contribution in [2.75, 3.05) is 7.11 Å². The largest absolute Gasteiger partial charge is 0.278 e. The molecule has 16 heavy (non-hydrogen) atoms. The standard InChI is InChI=1S/C9H11N5O2/c1-3-7-6(8(15)13-16-2)4-10-9-11-5-12-14(7)9/h4-5H,3H2,1-2H3,(H,13,15). The number of nitrogens with one attached hydrogen (secondary N) is 1. The summed E-state index contributed by atoms with van der Waals surface area (Å²) < 4.78 is 1.55. The van der Waals surface area contributed by atoms with E-state index in [4.69, 9.17) is 0 Å². The van der Waals surface area contributed by atoms with Gasteiger partial charge in [-0.1, -0.05) is 6.92 Å². The molecule has 0 fully saturated rings. The second-order valence-corrected chi connectivity index (χ2v) is 3.08. The number of fused-ring (bicyclic) bond motifs is 1. The SMILES string of the molecule is CCc1c(C(=O)NOC)cnc2ncnn12. The van der Waals surface area contributed by atoms with Crippen molar-refractivity contribution >= 4 is 11.7 Å². The molecule has 7 nitrogen and oxygen atoms in total. The summed E-state index contributed by atoms with van der Waals surface area (Å²) in [4.78, 5) is 24.2. The van der Waals surface area contributed by atoms with Crippen molar-refractivity contribution in [3.63, 3.8) is 0 Å². The Hall–Kier alpha value is -2.02. The van der Waals surface area contributed by atoms with Crippen LogP contribution in [0.2, 0.25) is 0 Å². The average molecular weight is 221 g/mol. The quantitative estimate of drug-likeness (QED) is 0.736. The third kappa shape index (κ3) is 1.61. The van der Waals surface area contributed by atoms with Crippen molar-refractivity contribution < 1.29 is 9.63 Å². The molecule has 2 aromatic heterocycles. The Bertz CT molecular complexity index is 522. The van der Waals surface area contributed by atoms with E-state index in [9.17, 15) is 4.79 Å². The molecule has 1 amide bonds. The van der Waals surface area contributed by atoms with Crippen LogP contribution in [0.4, 0.5) is 0 Å². The van der Waals surface area contributed by atoms with Gasteiger partial charge in [-0.3, -0.25) is 9.63 Å². The fraction of sp³-hybridized carbons (Fsp3) is 0.333. The highest BCUT2D eigenvalue weighted by Crippen LogP contribution is 2.09. The second kappa shape index (κ2) is 4.23. The molecule has 0 aliphatic heterocycles. The van der Waals surface area contributed by atoms with Gasteiger partial charge in [0.2, 0.25) is 0 Å². The Kier molecular flexibility index (Phi) is 2.78. The number of aryl methyl sites for hydroxylation is 1. The van der Waals surface area contributed by atoms with Crippen LogP contribution in [0.15, 0.2) is 12.5 Å². The van der Waals surface area contributed by atoms with Crippen LogP contribution in [-0.2, 0) is 11.3 Å². The minimum Gasteiger partial charge on any atom is -0.277 e. The maximum atomic E-state index is 11.7. The summed E-state index contributed by atoms with van der Waals surface area (Å²) in [5.41, 5.74) is 3.43. The van der Waals surface area contributed by atoms with Gasteiger partial charge >= 0.3 is 0 Å². The number of hydrogen-bond acceptors (Lipinski definition) is 5. The van der Waals surface area contributed by atoms with Crippen LogP contribution in [0.1, 0.15) is 23.0 Å². The minimum atomic E-state index is -0.343. The number of hydroxylamine groups is 1. The van der Waals surface area contributed by atoms with Crippen molar-refractivity contribution in [1.82, 2.24) is 25.1 Å². The van der Waals surface area contributed by atoms with Gasteiger partial charge < -0.3 is 0 Å². The summed E-state index contributed by atoms with van der Waals surface area (Å²) in [6.07, 6.45) is 3.52. The third-order valence-corrected chi connectivity index (χ3v) is 2.18. The summed E-state index contributed by atoms with van der Waals surface area (Å²) >= 11 is 0. The zero-order valence-corrected chi connectivity index (χ0v) is 8.97. The number of nitrogens with zero attached hydrogens (tertiary/aromatic N) is 4. The van der Waals surface area contributed by atoms with Crippen LogP contribution in [0.5, 0.6) is 0 Å². The Morgan fingerprint density at radius 2 is 2.38 bits per heavy atom. The van der Waals surface area contributed by atoms with E-state index in [2.05, 4.69) is 25.4 Å². The number of rotatable bonds is 3. The van der Waals surface area contributed by atoms with Crippen LogP contribution in [0, 0.1) is 0 Å². The molecule has 2 aromatic rings. The van der Waals surface area contributed by atoms with E-state index in [1.807, 2.05) is 6.92 Å². The first-order valence-electron chi connectivity index (χ1n) is 4.78. The fourth-order valence-electron chi connectivity index (χ4n) is 1.50. The lowest BCUT2D eigenvalue weighted by molar-refractivity contribution is 0.0535. The molecular formula is C9H11N5O2. The lowest BCUT2D eigenvalue weighted by atomic mass is 10.2. The summed E-state index contributed by atoms with van der Waals surface area (Å²) in [5, 5.41) is 4.01. The number of carbonyl (C=O) groups is 1. The topological polar surface area (TPSA) is 81.4 Å². The van der Waals surface area contributed by atoms with Gasteiger partial charge in [-0.15, -0.1) is 0 Å². The Morgan fingerprint density at radius 1 is 1.56 bits per heavy atom. The monoisotopic (exact) mass is 221 g/mol.